The first-order valence-corrected chi connectivity index (χ1v) is 12.3. The molecule has 2 unspecified atom stereocenters. The number of hydrogen-bond acceptors (Lipinski definition) is 4. The lowest BCUT2D eigenvalue weighted by Gasteiger charge is -2.38. The summed E-state index contributed by atoms with van der Waals surface area (Å²) in [5.41, 5.74) is 11.5. The van der Waals surface area contributed by atoms with Crippen LogP contribution < -0.4 is 10.5 Å². The van der Waals surface area contributed by atoms with Crippen LogP contribution in [0, 0.1) is 0 Å². The van der Waals surface area contributed by atoms with E-state index in [1.54, 1.807) is 0 Å². The third kappa shape index (κ3) is 5.21. The quantitative estimate of drug-likeness (QED) is 0.295. The Hall–Kier alpha value is -2.89. The smallest absolute Gasteiger partial charge is 0.219 e. The summed E-state index contributed by atoms with van der Waals surface area (Å²) in [7, 11) is 0. The van der Waals surface area contributed by atoms with E-state index >= 15 is 0 Å². The molecule has 0 saturated heterocycles. The molecule has 2 heterocycles. The van der Waals surface area contributed by atoms with Gasteiger partial charge in [0.1, 0.15) is 5.60 Å². The average molecular weight is 505 g/mol. The first-order valence-electron chi connectivity index (χ1n) is 11.5. The van der Waals surface area contributed by atoms with Crippen molar-refractivity contribution in [1.82, 2.24) is 4.98 Å². The highest BCUT2D eigenvalue weighted by molar-refractivity contribution is 6.33. The van der Waals surface area contributed by atoms with Crippen LogP contribution in [0.15, 0.2) is 84.9 Å². The number of pyridine rings is 1. The predicted molar refractivity (Wildman–Crippen MR) is 142 cm³/mol. The van der Waals surface area contributed by atoms with Crippen LogP contribution in [0.25, 0.3) is 22.4 Å². The molecule has 5 rings (SSSR count). The Labute approximate surface area is 215 Å². The largest absolute Gasteiger partial charge is 0.469 e. The van der Waals surface area contributed by atoms with E-state index in [-0.39, 0.29) is 6.04 Å². The van der Waals surface area contributed by atoms with Crippen molar-refractivity contribution in [1.29, 1.82) is 0 Å². The van der Waals surface area contributed by atoms with Gasteiger partial charge in [-0.25, -0.2) is 4.98 Å². The molecule has 0 aliphatic carbocycles. The molecule has 1 aliphatic rings. The van der Waals surface area contributed by atoms with Gasteiger partial charge in [-0.05, 0) is 42.3 Å². The van der Waals surface area contributed by atoms with Crippen molar-refractivity contribution in [2.45, 2.75) is 31.6 Å². The van der Waals surface area contributed by atoms with Gasteiger partial charge in [-0.15, -0.1) is 0 Å². The zero-order chi connectivity index (χ0) is 24.4. The molecule has 0 spiro atoms. The lowest BCUT2D eigenvalue weighted by molar-refractivity contribution is -0.0417. The van der Waals surface area contributed by atoms with E-state index in [1.165, 1.54) is 0 Å². The minimum absolute atomic E-state index is 0.247. The molecule has 2 atom stereocenters. The van der Waals surface area contributed by atoms with Gasteiger partial charge in [0, 0.05) is 39.2 Å². The number of rotatable bonds is 6. The number of nitrogens with zero attached hydrogens (tertiary/aromatic N) is 1. The summed E-state index contributed by atoms with van der Waals surface area (Å²) < 4.78 is 12.5. The van der Waals surface area contributed by atoms with Crippen LogP contribution in [0.3, 0.4) is 0 Å². The van der Waals surface area contributed by atoms with Crippen molar-refractivity contribution in [3.8, 4) is 28.3 Å². The van der Waals surface area contributed by atoms with E-state index in [0.717, 1.165) is 33.5 Å². The molecule has 1 aliphatic heterocycles. The molecule has 4 aromatic rings. The van der Waals surface area contributed by atoms with Gasteiger partial charge in [0.15, 0.2) is 0 Å². The SMILES string of the molecule is CC1(COCc2ccccc2)CC(N)c2cc(-c3ccc(Cl)cc3)c(-c3ccccc3Cl)nc2O1. The third-order valence-corrected chi connectivity index (χ3v) is 6.79. The van der Waals surface area contributed by atoms with Crippen LogP contribution in [0.5, 0.6) is 5.88 Å². The highest BCUT2D eigenvalue weighted by Gasteiger charge is 2.38. The summed E-state index contributed by atoms with van der Waals surface area (Å²) in [6.07, 6.45) is 0.613. The number of benzene rings is 3. The molecule has 3 aromatic carbocycles. The second-order valence-electron chi connectivity index (χ2n) is 9.11. The summed E-state index contributed by atoms with van der Waals surface area (Å²) in [6.45, 7) is 2.93. The van der Waals surface area contributed by atoms with Crippen LogP contribution in [0.2, 0.25) is 10.0 Å². The molecule has 1 aromatic heterocycles. The molecular formula is C29H26Cl2N2O2. The predicted octanol–water partition coefficient (Wildman–Crippen LogP) is 7.48. The maximum Gasteiger partial charge on any atom is 0.219 e. The fourth-order valence-electron chi connectivity index (χ4n) is 4.46. The summed E-state index contributed by atoms with van der Waals surface area (Å²) in [6, 6.07) is 27.3. The molecule has 0 fully saturated rings. The average Bonchev–Trinajstić information content (AvgIpc) is 2.85. The van der Waals surface area contributed by atoms with Gasteiger partial charge in [0.05, 0.1) is 18.9 Å². The number of halogens is 2. The number of nitrogens with two attached hydrogens (primary N) is 1. The van der Waals surface area contributed by atoms with Crippen LogP contribution in [0.4, 0.5) is 0 Å². The Morgan fingerprint density at radius 2 is 1.69 bits per heavy atom. The molecule has 0 bridgehead atoms. The Morgan fingerprint density at radius 3 is 2.43 bits per heavy atom. The van der Waals surface area contributed by atoms with E-state index in [4.69, 9.17) is 43.4 Å². The fraction of sp³-hybridized carbons (Fsp3) is 0.207. The summed E-state index contributed by atoms with van der Waals surface area (Å²) in [5.74, 6) is 0.516. The highest BCUT2D eigenvalue weighted by atomic mass is 35.5. The number of fused-ring (bicyclic) bond motifs is 1. The first kappa shape index (κ1) is 23.8. The van der Waals surface area contributed by atoms with Crippen LogP contribution >= 0.6 is 23.2 Å². The topological polar surface area (TPSA) is 57.4 Å². The van der Waals surface area contributed by atoms with Crippen molar-refractivity contribution >= 4 is 23.2 Å². The van der Waals surface area contributed by atoms with Gasteiger partial charge in [-0.1, -0.05) is 83.9 Å². The normalized spacial score (nSPS) is 19.1. The molecular weight excluding hydrogens is 479 g/mol. The van der Waals surface area contributed by atoms with Gasteiger partial charge >= 0.3 is 0 Å². The highest BCUT2D eigenvalue weighted by Crippen LogP contribution is 2.44. The van der Waals surface area contributed by atoms with Crippen molar-refractivity contribution in [2.75, 3.05) is 6.61 Å². The molecule has 6 heteroatoms. The van der Waals surface area contributed by atoms with Crippen molar-refractivity contribution in [3.63, 3.8) is 0 Å². The molecule has 0 radical (unpaired) electrons. The van der Waals surface area contributed by atoms with Crippen LogP contribution in [-0.4, -0.2) is 17.2 Å². The van der Waals surface area contributed by atoms with Crippen molar-refractivity contribution in [2.24, 2.45) is 5.73 Å². The molecule has 35 heavy (non-hydrogen) atoms. The third-order valence-electron chi connectivity index (χ3n) is 6.21. The van der Waals surface area contributed by atoms with Crippen molar-refractivity contribution < 1.29 is 9.47 Å². The zero-order valence-corrected chi connectivity index (χ0v) is 20.9. The minimum Gasteiger partial charge on any atom is -0.469 e. The lowest BCUT2D eigenvalue weighted by Crippen LogP contribution is -2.44. The minimum atomic E-state index is -0.603. The van der Waals surface area contributed by atoms with E-state index in [9.17, 15) is 0 Å². The standard InChI is InChI=1S/C29H26Cl2N2O2/c1-29(18-34-17-19-7-3-2-4-8-19)16-26(32)24-15-23(20-11-13-21(30)14-12-20)27(33-28(24)35-29)22-9-5-6-10-25(22)31/h2-15,26H,16-18,32H2,1H3. The molecule has 178 valence electrons. The second-order valence-corrected chi connectivity index (χ2v) is 9.95. The maximum absolute atomic E-state index is 6.67. The summed E-state index contributed by atoms with van der Waals surface area (Å²) in [5, 5.41) is 1.29. The molecule has 4 nitrogen and oxygen atoms in total. The van der Waals surface area contributed by atoms with Gasteiger partial charge in [0.25, 0.3) is 0 Å². The lowest BCUT2D eigenvalue weighted by atomic mass is 9.88. The van der Waals surface area contributed by atoms with E-state index in [1.807, 2.05) is 85.8 Å². The first-order chi connectivity index (χ1) is 16.9. The molecule has 0 saturated carbocycles. The number of ether oxygens (including phenoxy) is 2. The van der Waals surface area contributed by atoms with E-state index < -0.39 is 5.60 Å². The fourth-order valence-corrected chi connectivity index (χ4v) is 4.82. The van der Waals surface area contributed by atoms with Gasteiger partial charge in [-0.2, -0.15) is 0 Å². The van der Waals surface area contributed by atoms with E-state index in [2.05, 4.69) is 6.07 Å². The maximum atomic E-state index is 6.67. The number of aromatic nitrogens is 1. The second kappa shape index (κ2) is 10.00. The zero-order valence-electron chi connectivity index (χ0n) is 19.4. The Morgan fingerprint density at radius 1 is 0.971 bits per heavy atom. The van der Waals surface area contributed by atoms with E-state index in [0.29, 0.717) is 35.6 Å². The number of hydrogen-bond donors (Lipinski definition) is 1. The summed E-state index contributed by atoms with van der Waals surface area (Å²) in [4.78, 5) is 4.98. The van der Waals surface area contributed by atoms with Crippen molar-refractivity contribution in [3.05, 3.63) is 106 Å². The van der Waals surface area contributed by atoms with Gasteiger partial charge < -0.3 is 15.2 Å². The Balaban J connectivity index is 1.50. The molecule has 2 N–H and O–H groups in total. The van der Waals surface area contributed by atoms with Gasteiger partial charge in [-0.3, -0.25) is 0 Å². The van der Waals surface area contributed by atoms with Crippen LogP contribution in [-0.2, 0) is 11.3 Å². The Bertz CT molecular complexity index is 1330. The Kier molecular flexibility index (Phi) is 6.81. The van der Waals surface area contributed by atoms with Gasteiger partial charge in [0.2, 0.25) is 5.88 Å². The summed E-state index contributed by atoms with van der Waals surface area (Å²) >= 11 is 12.7. The van der Waals surface area contributed by atoms with Crippen LogP contribution in [0.1, 0.15) is 30.5 Å². The monoisotopic (exact) mass is 504 g/mol. The molecule has 0 amide bonds.